The maximum Gasteiger partial charge on any atom is 0.287 e. The molecule has 0 aliphatic heterocycles. The molecule has 0 aliphatic carbocycles. The molecule has 1 atom stereocenters. The molecule has 0 spiro atoms. The molecule has 0 aromatic carbocycles. The van der Waals surface area contributed by atoms with Gasteiger partial charge in [-0.1, -0.05) is 12.2 Å². The van der Waals surface area contributed by atoms with Gasteiger partial charge in [0.25, 0.3) is 5.91 Å². The summed E-state index contributed by atoms with van der Waals surface area (Å²) in [5.74, 6) is -0.0129. The Balaban J connectivity index is 2.52. The molecule has 1 aromatic heterocycles. The van der Waals surface area contributed by atoms with E-state index in [1.165, 1.54) is 0 Å². The van der Waals surface area contributed by atoms with E-state index < -0.39 is 0 Å². The molecule has 1 unspecified atom stereocenters. The first-order valence-corrected chi connectivity index (χ1v) is 5.53. The van der Waals surface area contributed by atoms with Gasteiger partial charge < -0.3 is 15.5 Å². The van der Waals surface area contributed by atoms with Crippen molar-refractivity contribution in [3.05, 3.63) is 22.6 Å². The Labute approximate surface area is 101 Å². The van der Waals surface area contributed by atoms with Crippen molar-refractivity contribution >= 4 is 39.0 Å². The fraction of sp³-hybridized carbons (Fsp3) is 0.333. The van der Waals surface area contributed by atoms with E-state index in [2.05, 4.69) is 21.2 Å². The minimum atomic E-state index is -0.274. The highest BCUT2D eigenvalue weighted by atomic mass is 79.9. The molecular formula is C9H11BrN2O2S. The lowest BCUT2D eigenvalue weighted by atomic mass is 10.2. The van der Waals surface area contributed by atoms with Crippen molar-refractivity contribution in [2.24, 2.45) is 5.73 Å². The van der Waals surface area contributed by atoms with Crippen LogP contribution in [0.2, 0.25) is 0 Å². The summed E-state index contributed by atoms with van der Waals surface area (Å²) in [6.45, 7) is 1.83. The zero-order chi connectivity index (χ0) is 11.4. The average Bonchev–Trinajstić information content (AvgIpc) is 2.49. The van der Waals surface area contributed by atoms with Crippen LogP contribution in [-0.2, 0) is 0 Å². The number of hydrogen-bond donors (Lipinski definition) is 2. The number of nitrogens with one attached hydrogen (secondary N) is 1. The second-order valence-electron chi connectivity index (χ2n) is 3.15. The molecule has 0 fully saturated rings. The average molecular weight is 291 g/mol. The number of furan rings is 1. The summed E-state index contributed by atoms with van der Waals surface area (Å²) in [7, 11) is 0. The molecule has 1 aromatic rings. The number of amides is 1. The third-order valence-corrected chi connectivity index (χ3v) is 2.27. The smallest absolute Gasteiger partial charge is 0.287 e. The summed E-state index contributed by atoms with van der Waals surface area (Å²) in [6.07, 6.45) is 0.475. The summed E-state index contributed by atoms with van der Waals surface area (Å²) in [5, 5.41) is 2.72. The maximum absolute atomic E-state index is 11.5. The molecule has 1 amide bonds. The molecule has 6 heteroatoms. The van der Waals surface area contributed by atoms with Crippen LogP contribution < -0.4 is 11.1 Å². The lowest BCUT2D eigenvalue weighted by Gasteiger charge is -2.11. The lowest BCUT2D eigenvalue weighted by Crippen LogP contribution is -2.35. The van der Waals surface area contributed by atoms with Gasteiger partial charge in [0.15, 0.2) is 10.4 Å². The fourth-order valence-corrected chi connectivity index (χ4v) is 1.64. The fourth-order valence-electron chi connectivity index (χ4n) is 1.08. The molecule has 4 nitrogen and oxygen atoms in total. The van der Waals surface area contributed by atoms with Crippen LogP contribution >= 0.6 is 28.1 Å². The van der Waals surface area contributed by atoms with Gasteiger partial charge in [-0.15, -0.1) is 0 Å². The Morgan fingerprint density at radius 2 is 2.40 bits per heavy atom. The third kappa shape index (κ3) is 4.01. The van der Waals surface area contributed by atoms with E-state index in [0.29, 0.717) is 16.1 Å². The highest BCUT2D eigenvalue weighted by Crippen LogP contribution is 2.13. The standard InChI is InChI=1S/C9H11BrN2O2S/c1-5(4-8(11)15)12-9(13)6-2-3-7(10)14-6/h2-3,5H,4H2,1H3,(H2,11,15)(H,12,13). The monoisotopic (exact) mass is 290 g/mol. The van der Waals surface area contributed by atoms with Crippen molar-refractivity contribution in [1.29, 1.82) is 0 Å². The van der Waals surface area contributed by atoms with Crippen LogP contribution in [0.3, 0.4) is 0 Å². The normalized spacial score (nSPS) is 12.1. The molecule has 3 N–H and O–H groups in total. The van der Waals surface area contributed by atoms with Crippen molar-refractivity contribution in [3.63, 3.8) is 0 Å². The van der Waals surface area contributed by atoms with Crippen molar-refractivity contribution in [1.82, 2.24) is 5.32 Å². The summed E-state index contributed by atoms with van der Waals surface area (Å²) >= 11 is 7.86. The van der Waals surface area contributed by atoms with E-state index in [1.54, 1.807) is 12.1 Å². The zero-order valence-corrected chi connectivity index (χ0v) is 10.5. The van der Waals surface area contributed by atoms with E-state index in [1.807, 2.05) is 6.92 Å². The number of halogens is 1. The van der Waals surface area contributed by atoms with Gasteiger partial charge in [0.1, 0.15) is 0 Å². The second kappa shape index (κ2) is 5.27. The van der Waals surface area contributed by atoms with Crippen molar-refractivity contribution in [2.45, 2.75) is 19.4 Å². The lowest BCUT2D eigenvalue weighted by molar-refractivity contribution is 0.0912. The second-order valence-corrected chi connectivity index (χ2v) is 4.45. The van der Waals surface area contributed by atoms with Crippen LogP contribution in [0.25, 0.3) is 0 Å². The van der Waals surface area contributed by atoms with E-state index >= 15 is 0 Å². The van der Waals surface area contributed by atoms with Crippen molar-refractivity contribution in [2.75, 3.05) is 0 Å². The zero-order valence-electron chi connectivity index (χ0n) is 8.12. The number of carbonyl (C=O) groups excluding carboxylic acids is 1. The van der Waals surface area contributed by atoms with Crippen molar-refractivity contribution in [3.8, 4) is 0 Å². The molecule has 1 rings (SSSR count). The van der Waals surface area contributed by atoms with E-state index in [9.17, 15) is 4.79 Å². The highest BCUT2D eigenvalue weighted by molar-refractivity contribution is 9.10. The van der Waals surface area contributed by atoms with Crippen LogP contribution in [0.1, 0.15) is 23.9 Å². The van der Waals surface area contributed by atoms with Gasteiger partial charge in [0.2, 0.25) is 0 Å². The molecule has 82 valence electrons. The van der Waals surface area contributed by atoms with Crippen LogP contribution in [0, 0.1) is 0 Å². The highest BCUT2D eigenvalue weighted by Gasteiger charge is 2.13. The number of hydrogen-bond acceptors (Lipinski definition) is 3. The summed E-state index contributed by atoms with van der Waals surface area (Å²) in [4.78, 5) is 11.9. The van der Waals surface area contributed by atoms with Gasteiger partial charge >= 0.3 is 0 Å². The molecule has 0 saturated heterocycles. The minimum absolute atomic E-state index is 0.0983. The van der Waals surface area contributed by atoms with Gasteiger partial charge in [-0.05, 0) is 35.0 Å². The Morgan fingerprint density at radius 3 is 2.87 bits per heavy atom. The first kappa shape index (κ1) is 12.2. The molecule has 0 radical (unpaired) electrons. The van der Waals surface area contributed by atoms with E-state index in [-0.39, 0.29) is 17.7 Å². The Kier molecular flexibility index (Phi) is 4.28. The SMILES string of the molecule is CC(CC(N)=S)NC(=O)c1ccc(Br)o1. The van der Waals surface area contributed by atoms with Crippen LogP contribution in [0.4, 0.5) is 0 Å². The van der Waals surface area contributed by atoms with Crippen molar-refractivity contribution < 1.29 is 9.21 Å². The topological polar surface area (TPSA) is 68.3 Å². The molecule has 0 saturated carbocycles. The van der Waals surface area contributed by atoms with Gasteiger partial charge in [0.05, 0.1) is 4.99 Å². The van der Waals surface area contributed by atoms with Crippen LogP contribution in [0.15, 0.2) is 21.2 Å². The van der Waals surface area contributed by atoms with E-state index in [4.69, 9.17) is 22.4 Å². The maximum atomic E-state index is 11.5. The first-order chi connectivity index (χ1) is 6.99. The quantitative estimate of drug-likeness (QED) is 0.831. The largest absolute Gasteiger partial charge is 0.444 e. The molecule has 1 heterocycles. The number of carbonyl (C=O) groups is 1. The molecular weight excluding hydrogens is 280 g/mol. The Bertz CT molecular complexity index is 378. The molecule has 15 heavy (non-hydrogen) atoms. The van der Waals surface area contributed by atoms with Gasteiger partial charge in [0, 0.05) is 12.5 Å². The predicted octanol–water partition coefficient (Wildman–Crippen LogP) is 1.84. The minimum Gasteiger partial charge on any atom is -0.444 e. The molecule has 0 bridgehead atoms. The predicted molar refractivity (Wildman–Crippen MR) is 64.7 cm³/mol. The van der Waals surface area contributed by atoms with Crippen LogP contribution in [-0.4, -0.2) is 16.9 Å². The number of nitrogens with two attached hydrogens (primary N) is 1. The summed E-state index contributed by atoms with van der Waals surface area (Å²) in [6, 6.07) is 3.15. The number of thiocarbonyl (C=S) groups is 1. The summed E-state index contributed by atoms with van der Waals surface area (Å²) < 4.78 is 5.61. The molecule has 0 aliphatic rings. The first-order valence-electron chi connectivity index (χ1n) is 4.33. The third-order valence-electron chi connectivity index (χ3n) is 1.68. The van der Waals surface area contributed by atoms with Crippen LogP contribution in [0.5, 0.6) is 0 Å². The van der Waals surface area contributed by atoms with E-state index in [0.717, 1.165) is 0 Å². The number of rotatable bonds is 4. The van der Waals surface area contributed by atoms with Gasteiger partial charge in [-0.3, -0.25) is 4.79 Å². The van der Waals surface area contributed by atoms with Gasteiger partial charge in [-0.2, -0.15) is 0 Å². The summed E-state index contributed by atoms with van der Waals surface area (Å²) in [5.41, 5.74) is 5.36. The Hall–Kier alpha value is -0.880. The van der Waals surface area contributed by atoms with Gasteiger partial charge in [-0.25, -0.2) is 0 Å². The Morgan fingerprint density at radius 1 is 1.73 bits per heavy atom.